The second-order valence-corrected chi connectivity index (χ2v) is 7.96. The molecule has 0 unspecified atom stereocenters. The van der Waals surface area contributed by atoms with Gasteiger partial charge < -0.3 is 5.32 Å². The van der Waals surface area contributed by atoms with E-state index in [1.807, 2.05) is 24.3 Å². The van der Waals surface area contributed by atoms with Gasteiger partial charge in [-0.05, 0) is 67.6 Å². The van der Waals surface area contributed by atoms with Gasteiger partial charge in [-0.25, -0.2) is 0 Å². The van der Waals surface area contributed by atoms with Gasteiger partial charge in [0.1, 0.15) is 0 Å². The van der Waals surface area contributed by atoms with Crippen LogP contribution >= 0.6 is 11.6 Å². The maximum Gasteiger partial charge on any atom is 0.230 e. The van der Waals surface area contributed by atoms with Crippen LogP contribution in [0.1, 0.15) is 42.4 Å². The molecule has 4 rings (SSSR count). The molecule has 1 amide bonds. The quantitative estimate of drug-likeness (QED) is 0.825. The molecule has 26 heavy (non-hydrogen) atoms. The van der Waals surface area contributed by atoms with E-state index in [0.29, 0.717) is 11.6 Å². The number of carbonyl (C=O) groups is 1. The third-order valence-corrected chi connectivity index (χ3v) is 5.98. The fourth-order valence-electron chi connectivity index (χ4n) is 3.95. The Bertz CT molecular complexity index is 777. The first-order valence-electron chi connectivity index (χ1n) is 9.51. The monoisotopic (exact) mass is 368 g/mol. The normalized spacial score (nSPS) is 18.7. The van der Waals surface area contributed by atoms with Crippen LogP contribution in [0.2, 0.25) is 5.02 Å². The SMILES string of the molecule is O=C(NCc1ccccc1CN1CCCC1)C1(c2ccc(Cl)cc2)CC1. The first-order valence-corrected chi connectivity index (χ1v) is 9.89. The zero-order valence-electron chi connectivity index (χ0n) is 15.0. The minimum absolute atomic E-state index is 0.135. The van der Waals surface area contributed by atoms with Crippen LogP contribution in [0, 0.1) is 0 Å². The van der Waals surface area contributed by atoms with Crippen LogP contribution in [-0.4, -0.2) is 23.9 Å². The van der Waals surface area contributed by atoms with Gasteiger partial charge in [0.25, 0.3) is 0 Å². The zero-order valence-corrected chi connectivity index (χ0v) is 15.8. The Morgan fingerprint density at radius 2 is 1.65 bits per heavy atom. The molecule has 136 valence electrons. The van der Waals surface area contributed by atoms with Crippen molar-refractivity contribution in [1.29, 1.82) is 0 Å². The van der Waals surface area contributed by atoms with Gasteiger partial charge >= 0.3 is 0 Å². The lowest BCUT2D eigenvalue weighted by atomic mass is 9.95. The maximum absolute atomic E-state index is 12.9. The molecule has 1 heterocycles. The van der Waals surface area contributed by atoms with Gasteiger partial charge in [-0.3, -0.25) is 9.69 Å². The Morgan fingerprint density at radius 3 is 2.31 bits per heavy atom. The van der Waals surface area contributed by atoms with Crippen molar-refractivity contribution >= 4 is 17.5 Å². The van der Waals surface area contributed by atoms with Crippen LogP contribution in [0.3, 0.4) is 0 Å². The van der Waals surface area contributed by atoms with Crippen LogP contribution in [0.5, 0.6) is 0 Å². The highest BCUT2D eigenvalue weighted by Gasteiger charge is 2.51. The third kappa shape index (κ3) is 3.65. The highest BCUT2D eigenvalue weighted by molar-refractivity contribution is 6.30. The molecule has 2 aromatic rings. The molecule has 2 aromatic carbocycles. The summed E-state index contributed by atoms with van der Waals surface area (Å²) in [5.74, 6) is 0.135. The van der Waals surface area contributed by atoms with Gasteiger partial charge in [-0.2, -0.15) is 0 Å². The molecule has 0 aromatic heterocycles. The molecule has 2 aliphatic rings. The summed E-state index contributed by atoms with van der Waals surface area (Å²) in [7, 11) is 0. The lowest BCUT2D eigenvalue weighted by molar-refractivity contribution is -0.123. The molecular formula is C22H25ClN2O. The summed E-state index contributed by atoms with van der Waals surface area (Å²) in [5, 5.41) is 3.90. The molecule has 0 bridgehead atoms. The van der Waals surface area contributed by atoms with Crippen LogP contribution in [0.15, 0.2) is 48.5 Å². The second kappa shape index (κ2) is 7.42. The summed E-state index contributed by atoms with van der Waals surface area (Å²) in [4.78, 5) is 15.4. The van der Waals surface area contributed by atoms with Crippen molar-refractivity contribution in [1.82, 2.24) is 10.2 Å². The Hall–Kier alpha value is -1.84. The lowest BCUT2D eigenvalue weighted by Gasteiger charge is -2.19. The van der Waals surface area contributed by atoms with Crippen molar-refractivity contribution in [2.24, 2.45) is 0 Å². The highest BCUT2D eigenvalue weighted by Crippen LogP contribution is 2.48. The van der Waals surface area contributed by atoms with Crippen molar-refractivity contribution < 1.29 is 4.79 Å². The summed E-state index contributed by atoms with van der Waals surface area (Å²) in [6.07, 6.45) is 4.41. The maximum atomic E-state index is 12.9. The number of amides is 1. The smallest absolute Gasteiger partial charge is 0.230 e. The molecule has 1 aliphatic carbocycles. The fraction of sp³-hybridized carbons (Fsp3) is 0.409. The van der Waals surface area contributed by atoms with E-state index in [1.54, 1.807) is 0 Å². The number of carbonyl (C=O) groups excluding carboxylic acids is 1. The standard InChI is InChI=1S/C22H25ClN2O/c23-20-9-7-19(8-10-20)22(11-12-22)21(26)24-15-17-5-1-2-6-18(17)16-25-13-3-4-14-25/h1-2,5-10H,3-4,11-16H2,(H,24,26). The summed E-state index contributed by atoms with van der Waals surface area (Å²) in [6.45, 7) is 3.94. The number of hydrogen-bond acceptors (Lipinski definition) is 2. The van der Waals surface area contributed by atoms with Gasteiger partial charge in [0.05, 0.1) is 5.41 Å². The lowest BCUT2D eigenvalue weighted by Crippen LogP contribution is -2.34. The average Bonchev–Trinajstić information content (AvgIpc) is 3.31. The number of hydrogen-bond donors (Lipinski definition) is 1. The summed E-state index contributed by atoms with van der Waals surface area (Å²) < 4.78 is 0. The fourth-order valence-corrected chi connectivity index (χ4v) is 4.08. The largest absolute Gasteiger partial charge is 0.351 e. The molecule has 1 N–H and O–H groups in total. The topological polar surface area (TPSA) is 32.3 Å². The predicted octanol–water partition coefficient (Wildman–Crippen LogP) is 4.28. The summed E-state index contributed by atoms with van der Waals surface area (Å²) in [6, 6.07) is 16.2. The third-order valence-electron chi connectivity index (χ3n) is 5.73. The second-order valence-electron chi connectivity index (χ2n) is 7.52. The van der Waals surface area contributed by atoms with E-state index >= 15 is 0 Å². The number of likely N-dealkylation sites (tertiary alicyclic amines) is 1. The molecule has 4 heteroatoms. The van der Waals surface area contributed by atoms with Gasteiger partial charge in [0.15, 0.2) is 0 Å². The number of nitrogens with zero attached hydrogens (tertiary/aromatic N) is 1. The van der Waals surface area contributed by atoms with E-state index < -0.39 is 0 Å². The molecule has 0 atom stereocenters. The average molecular weight is 369 g/mol. The van der Waals surface area contributed by atoms with E-state index in [9.17, 15) is 4.79 Å². The number of nitrogens with one attached hydrogen (secondary N) is 1. The molecule has 3 nitrogen and oxygen atoms in total. The highest BCUT2D eigenvalue weighted by atomic mass is 35.5. The van der Waals surface area contributed by atoms with Gasteiger partial charge in [0.2, 0.25) is 5.91 Å². The van der Waals surface area contributed by atoms with Crippen LogP contribution < -0.4 is 5.32 Å². The molecule has 1 saturated heterocycles. The van der Waals surface area contributed by atoms with Crippen molar-refractivity contribution in [3.63, 3.8) is 0 Å². The number of benzene rings is 2. The molecule has 0 spiro atoms. The van der Waals surface area contributed by atoms with Crippen molar-refractivity contribution in [3.8, 4) is 0 Å². The van der Waals surface area contributed by atoms with Crippen molar-refractivity contribution in [2.45, 2.75) is 44.2 Å². The van der Waals surface area contributed by atoms with Crippen molar-refractivity contribution in [2.75, 3.05) is 13.1 Å². The van der Waals surface area contributed by atoms with E-state index in [-0.39, 0.29) is 11.3 Å². The van der Waals surface area contributed by atoms with E-state index in [4.69, 9.17) is 11.6 Å². The van der Waals surface area contributed by atoms with E-state index in [1.165, 1.54) is 37.1 Å². The Labute approximate surface area is 160 Å². The molecular weight excluding hydrogens is 344 g/mol. The molecule has 1 aliphatic heterocycles. The summed E-state index contributed by atoms with van der Waals surface area (Å²) in [5.41, 5.74) is 3.27. The first-order chi connectivity index (χ1) is 12.7. The summed E-state index contributed by atoms with van der Waals surface area (Å²) >= 11 is 5.99. The van der Waals surface area contributed by atoms with Crippen molar-refractivity contribution in [3.05, 3.63) is 70.2 Å². The molecule has 2 fully saturated rings. The van der Waals surface area contributed by atoms with Gasteiger partial charge in [0, 0.05) is 18.1 Å². The van der Waals surface area contributed by atoms with Crippen LogP contribution in [0.4, 0.5) is 0 Å². The minimum Gasteiger partial charge on any atom is -0.351 e. The van der Waals surface area contributed by atoms with Crippen LogP contribution in [0.25, 0.3) is 0 Å². The molecule has 0 radical (unpaired) electrons. The van der Waals surface area contributed by atoms with Crippen LogP contribution in [-0.2, 0) is 23.3 Å². The van der Waals surface area contributed by atoms with E-state index in [2.05, 4.69) is 34.5 Å². The Balaban J connectivity index is 1.42. The Kier molecular flexibility index (Phi) is 5.01. The zero-order chi connectivity index (χ0) is 18.0. The minimum atomic E-state index is -0.353. The number of rotatable bonds is 6. The predicted molar refractivity (Wildman–Crippen MR) is 105 cm³/mol. The Morgan fingerprint density at radius 1 is 1.00 bits per heavy atom. The van der Waals surface area contributed by atoms with Gasteiger partial charge in [-0.1, -0.05) is 48.0 Å². The first kappa shape index (κ1) is 17.6. The van der Waals surface area contributed by atoms with Gasteiger partial charge in [-0.15, -0.1) is 0 Å². The van der Waals surface area contributed by atoms with E-state index in [0.717, 1.165) is 24.9 Å². The number of halogens is 1. The molecule has 1 saturated carbocycles.